The maximum Gasteiger partial charge on any atom is 0.0995 e. The van der Waals surface area contributed by atoms with E-state index >= 15 is 0 Å². The number of aromatic nitrogens is 2. The van der Waals surface area contributed by atoms with Gasteiger partial charge >= 0.3 is 0 Å². The topological polar surface area (TPSA) is 17.8 Å². The molecule has 0 aliphatic carbocycles. The van der Waals surface area contributed by atoms with Crippen LogP contribution in [0.25, 0.3) is 5.69 Å². The molecule has 0 unspecified atom stereocenters. The average Bonchev–Trinajstić information content (AvgIpc) is 2.67. The number of rotatable bonds is 2. The number of hydrogen-bond donors (Lipinski definition) is 0. The molecular formula is C10H8ClIN2. The largest absolute Gasteiger partial charge is 0.306 e. The number of halogens is 2. The SMILES string of the molecule is ClCc1cn(-c2ccc(I)cc2)cn1. The minimum Gasteiger partial charge on any atom is -0.306 e. The van der Waals surface area contributed by atoms with Gasteiger partial charge in [0.15, 0.2) is 0 Å². The van der Waals surface area contributed by atoms with Crippen molar-refractivity contribution in [2.45, 2.75) is 5.88 Å². The first-order valence-electron chi connectivity index (χ1n) is 4.14. The molecule has 1 heterocycles. The molecule has 2 rings (SSSR count). The van der Waals surface area contributed by atoms with Gasteiger partial charge in [0.25, 0.3) is 0 Å². The Balaban J connectivity index is 2.34. The van der Waals surface area contributed by atoms with Gasteiger partial charge in [0.05, 0.1) is 17.9 Å². The lowest BCUT2D eigenvalue weighted by molar-refractivity contribution is 1.06. The van der Waals surface area contributed by atoms with Crippen molar-refractivity contribution in [2.24, 2.45) is 0 Å². The lowest BCUT2D eigenvalue weighted by Gasteiger charge is -2.00. The molecule has 0 N–H and O–H groups in total. The molecule has 1 aromatic heterocycles. The summed E-state index contributed by atoms with van der Waals surface area (Å²) >= 11 is 7.96. The maximum absolute atomic E-state index is 5.68. The Morgan fingerprint density at radius 1 is 1.29 bits per heavy atom. The maximum atomic E-state index is 5.68. The number of benzene rings is 1. The second-order valence-corrected chi connectivity index (χ2v) is 4.40. The summed E-state index contributed by atoms with van der Waals surface area (Å²) in [6.45, 7) is 0. The Hall–Kier alpha value is -0.550. The molecule has 0 radical (unpaired) electrons. The van der Waals surface area contributed by atoms with Crippen LogP contribution in [0.1, 0.15) is 5.69 Å². The van der Waals surface area contributed by atoms with Crippen molar-refractivity contribution in [1.82, 2.24) is 9.55 Å². The van der Waals surface area contributed by atoms with E-state index in [9.17, 15) is 0 Å². The van der Waals surface area contributed by atoms with Crippen LogP contribution in [0.3, 0.4) is 0 Å². The molecule has 0 aliphatic rings. The fourth-order valence-electron chi connectivity index (χ4n) is 1.19. The smallest absolute Gasteiger partial charge is 0.0995 e. The Morgan fingerprint density at radius 3 is 2.57 bits per heavy atom. The predicted octanol–water partition coefficient (Wildman–Crippen LogP) is 3.22. The predicted molar refractivity (Wildman–Crippen MR) is 65.8 cm³/mol. The van der Waals surface area contributed by atoms with Gasteiger partial charge in [0, 0.05) is 15.5 Å². The molecule has 1 aromatic carbocycles. The highest BCUT2D eigenvalue weighted by atomic mass is 127. The fraction of sp³-hybridized carbons (Fsp3) is 0.100. The van der Waals surface area contributed by atoms with Crippen LogP contribution in [0.2, 0.25) is 0 Å². The molecule has 0 amide bonds. The summed E-state index contributed by atoms with van der Waals surface area (Å²) in [6.07, 6.45) is 3.72. The van der Waals surface area contributed by atoms with Gasteiger partial charge in [-0.2, -0.15) is 0 Å². The third kappa shape index (κ3) is 2.09. The molecule has 72 valence electrons. The van der Waals surface area contributed by atoms with Crippen LogP contribution in [-0.4, -0.2) is 9.55 Å². The van der Waals surface area contributed by atoms with E-state index in [0.717, 1.165) is 11.4 Å². The van der Waals surface area contributed by atoms with Crippen molar-refractivity contribution in [3.05, 3.63) is 46.1 Å². The van der Waals surface area contributed by atoms with Gasteiger partial charge in [0.1, 0.15) is 0 Å². The fourth-order valence-corrected chi connectivity index (χ4v) is 1.68. The third-order valence-electron chi connectivity index (χ3n) is 1.90. The molecule has 0 aliphatic heterocycles. The van der Waals surface area contributed by atoms with E-state index in [1.54, 1.807) is 6.33 Å². The molecule has 14 heavy (non-hydrogen) atoms. The number of alkyl halides is 1. The zero-order valence-corrected chi connectivity index (χ0v) is 10.2. The van der Waals surface area contributed by atoms with Crippen LogP contribution < -0.4 is 0 Å². The van der Waals surface area contributed by atoms with Gasteiger partial charge in [-0.15, -0.1) is 11.6 Å². The Morgan fingerprint density at radius 2 is 2.00 bits per heavy atom. The van der Waals surface area contributed by atoms with E-state index in [1.807, 2.05) is 10.8 Å². The van der Waals surface area contributed by atoms with E-state index in [1.165, 1.54) is 3.57 Å². The quantitative estimate of drug-likeness (QED) is 0.614. The third-order valence-corrected chi connectivity index (χ3v) is 2.89. The molecule has 0 fully saturated rings. The van der Waals surface area contributed by atoms with Crippen molar-refractivity contribution in [1.29, 1.82) is 0 Å². The van der Waals surface area contributed by atoms with Gasteiger partial charge in [-0.3, -0.25) is 0 Å². The molecule has 0 saturated heterocycles. The molecule has 0 atom stereocenters. The second-order valence-electron chi connectivity index (χ2n) is 2.88. The zero-order chi connectivity index (χ0) is 9.97. The standard InChI is InChI=1S/C10H8ClIN2/c11-5-9-6-14(7-13-9)10-3-1-8(12)2-4-10/h1-4,6-7H,5H2. The Labute approximate surface area is 101 Å². The van der Waals surface area contributed by atoms with Crippen molar-refractivity contribution in [3.63, 3.8) is 0 Å². The van der Waals surface area contributed by atoms with Gasteiger partial charge < -0.3 is 4.57 Å². The van der Waals surface area contributed by atoms with E-state index in [-0.39, 0.29) is 0 Å². The number of nitrogens with zero attached hydrogens (tertiary/aromatic N) is 2. The van der Waals surface area contributed by atoms with E-state index in [0.29, 0.717) is 5.88 Å². The van der Waals surface area contributed by atoms with Crippen LogP contribution in [0.4, 0.5) is 0 Å². The van der Waals surface area contributed by atoms with E-state index < -0.39 is 0 Å². The molecule has 2 nitrogen and oxygen atoms in total. The average molecular weight is 319 g/mol. The molecule has 0 bridgehead atoms. The van der Waals surface area contributed by atoms with Crippen LogP contribution in [-0.2, 0) is 5.88 Å². The summed E-state index contributed by atoms with van der Waals surface area (Å²) in [5.74, 6) is 0.456. The lowest BCUT2D eigenvalue weighted by Crippen LogP contribution is -1.89. The first-order chi connectivity index (χ1) is 6.79. The molecule has 0 spiro atoms. The summed E-state index contributed by atoms with van der Waals surface area (Å²) < 4.78 is 3.19. The minimum absolute atomic E-state index is 0.456. The first-order valence-corrected chi connectivity index (χ1v) is 5.75. The molecule has 4 heteroatoms. The highest BCUT2D eigenvalue weighted by molar-refractivity contribution is 14.1. The molecule has 2 aromatic rings. The first kappa shape index (κ1) is 9.98. The summed E-state index contributed by atoms with van der Waals surface area (Å²) in [6, 6.07) is 8.25. The Kier molecular flexibility index (Phi) is 3.08. The highest BCUT2D eigenvalue weighted by Gasteiger charge is 1.98. The van der Waals surface area contributed by atoms with Gasteiger partial charge in [0.2, 0.25) is 0 Å². The summed E-state index contributed by atoms with van der Waals surface area (Å²) in [4.78, 5) is 4.16. The molecule has 0 saturated carbocycles. The number of hydrogen-bond acceptors (Lipinski definition) is 1. The van der Waals surface area contributed by atoms with Gasteiger partial charge in [-0.25, -0.2) is 4.98 Å². The summed E-state index contributed by atoms with van der Waals surface area (Å²) in [5.41, 5.74) is 2.00. The van der Waals surface area contributed by atoms with E-state index in [2.05, 4.69) is 51.8 Å². The normalized spacial score (nSPS) is 10.4. The summed E-state index contributed by atoms with van der Waals surface area (Å²) in [7, 11) is 0. The van der Waals surface area contributed by atoms with E-state index in [4.69, 9.17) is 11.6 Å². The van der Waals surface area contributed by atoms with Crippen molar-refractivity contribution in [2.75, 3.05) is 0 Å². The van der Waals surface area contributed by atoms with Crippen LogP contribution in [0, 0.1) is 3.57 Å². The summed E-state index contributed by atoms with van der Waals surface area (Å²) in [5, 5.41) is 0. The van der Waals surface area contributed by atoms with Gasteiger partial charge in [-0.05, 0) is 46.9 Å². The van der Waals surface area contributed by atoms with Crippen molar-refractivity contribution < 1.29 is 0 Å². The lowest BCUT2D eigenvalue weighted by atomic mass is 10.3. The second kappa shape index (κ2) is 4.31. The monoisotopic (exact) mass is 318 g/mol. The number of imidazole rings is 1. The van der Waals surface area contributed by atoms with Crippen molar-refractivity contribution >= 4 is 34.2 Å². The van der Waals surface area contributed by atoms with Crippen LogP contribution in [0.5, 0.6) is 0 Å². The van der Waals surface area contributed by atoms with Gasteiger partial charge in [-0.1, -0.05) is 0 Å². The molecular weight excluding hydrogens is 310 g/mol. The zero-order valence-electron chi connectivity index (χ0n) is 7.32. The highest BCUT2D eigenvalue weighted by Crippen LogP contribution is 2.12. The van der Waals surface area contributed by atoms with Crippen molar-refractivity contribution in [3.8, 4) is 5.69 Å². The van der Waals surface area contributed by atoms with Crippen LogP contribution in [0.15, 0.2) is 36.8 Å². The Bertz CT molecular complexity index is 422. The van der Waals surface area contributed by atoms with Crippen LogP contribution >= 0.6 is 34.2 Å². The minimum atomic E-state index is 0.456.